The lowest BCUT2D eigenvalue weighted by molar-refractivity contribution is -0.119. The molecule has 3 atom stereocenters. The zero-order valence-corrected chi connectivity index (χ0v) is 22.5. The normalized spacial score (nSPS) is 20.6. The molecule has 3 aromatic rings. The van der Waals surface area contributed by atoms with Crippen LogP contribution in [0, 0.1) is 12.8 Å². The Morgan fingerprint density at radius 3 is 2.51 bits per heavy atom. The van der Waals surface area contributed by atoms with Crippen molar-refractivity contribution >= 4 is 43.3 Å². The van der Waals surface area contributed by atoms with Crippen LogP contribution in [0.15, 0.2) is 24.3 Å². The second-order valence-electron chi connectivity index (χ2n) is 9.47. The van der Waals surface area contributed by atoms with Crippen molar-refractivity contribution in [3.05, 3.63) is 30.0 Å². The molecule has 1 aliphatic rings. The molecule has 0 aliphatic heterocycles. The Bertz CT molecular complexity index is 1350. The van der Waals surface area contributed by atoms with Crippen LogP contribution >= 0.6 is 11.3 Å². The molecular weight excluding hydrogens is 529 g/mol. The van der Waals surface area contributed by atoms with E-state index in [1.54, 1.807) is 6.92 Å². The standard InChI is InChI=1S/C23H29F3N6O3S2/c1-13-19(21-29-16-7-5-6-8-18(16)36-21)20(30-22(27-13)31(2)12-23(24,25)26)28-15-9-14(17(33)10-15)11-32(3)37(4,34)35/h5-8,14-15,17,33H,9-12H2,1-4H3,(H,27,28,30)/t14?,15?,17-/m0/s1. The first-order valence-corrected chi connectivity index (χ1v) is 14.3. The summed E-state index contributed by atoms with van der Waals surface area (Å²) in [6, 6.07) is 7.30. The molecule has 2 aromatic heterocycles. The molecule has 1 aliphatic carbocycles. The van der Waals surface area contributed by atoms with Gasteiger partial charge in [0.1, 0.15) is 17.4 Å². The third-order valence-electron chi connectivity index (χ3n) is 6.40. The van der Waals surface area contributed by atoms with Crippen molar-refractivity contribution in [1.29, 1.82) is 0 Å². The molecule has 2 unspecified atom stereocenters. The largest absolute Gasteiger partial charge is 0.406 e. The van der Waals surface area contributed by atoms with Crippen LogP contribution in [0.3, 0.4) is 0 Å². The average molecular weight is 559 g/mol. The van der Waals surface area contributed by atoms with Crippen molar-refractivity contribution < 1.29 is 26.7 Å². The van der Waals surface area contributed by atoms with Gasteiger partial charge in [0, 0.05) is 32.6 Å². The molecule has 1 saturated carbocycles. The Kier molecular flexibility index (Phi) is 7.66. The van der Waals surface area contributed by atoms with Crippen molar-refractivity contribution in [3.8, 4) is 10.6 Å². The number of thiazole rings is 1. The van der Waals surface area contributed by atoms with Crippen molar-refractivity contribution in [1.82, 2.24) is 19.3 Å². The van der Waals surface area contributed by atoms with Gasteiger partial charge in [-0.1, -0.05) is 12.1 Å². The fourth-order valence-corrected chi connectivity index (χ4v) is 6.01. The van der Waals surface area contributed by atoms with Crippen LogP contribution in [0.5, 0.6) is 0 Å². The monoisotopic (exact) mass is 558 g/mol. The van der Waals surface area contributed by atoms with E-state index in [-0.39, 0.29) is 24.5 Å². The number of anilines is 2. The van der Waals surface area contributed by atoms with E-state index in [1.165, 1.54) is 29.7 Å². The van der Waals surface area contributed by atoms with Crippen molar-refractivity contribution in [2.75, 3.05) is 43.7 Å². The van der Waals surface area contributed by atoms with Crippen LogP contribution in [-0.4, -0.2) is 84.5 Å². The van der Waals surface area contributed by atoms with Gasteiger partial charge < -0.3 is 15.3 Å². The third-order valence-corrected chi connectivity index (χ3v) is 8.74. The highest BCUT2D eigenvalue weighted by Gasteiger charge is 2.36. The van der Waals surface area contributed by atoms with E-state index in [2.05, 4.69) is 15.3 Å². The summed E-state index contributed by atoms with van der Waals surface area (Å²) in [6.45, 7) is 0.645. The lowest BCUT2D eigenvalue weighted by atomic mass is 10.1. The molecule has 2 N–H and O–H groups in total. The van der Waals surface area contributed by atoms with Gasteiger partial charge in [0.2, 0.25) is 16.0 Å². The maximum atomic E-state index is 13.1. The molecule has 1 fully saturated rings. The average Bonchev–Trinajstić information content (AvgIpc) is 3.34. The minimum Gasteiger partial charge on any atom is -0.393 e. The van der Waals surface area contributed by atoms with E-state index in [1.807, 2.05) is 24.3 Å². The molecule has 0 amide bonds. The van der Waals surface area contributed by atoms with E-state index < -0.39 is 28.8 Å². The number of alkyl halides is 3. The highest BCUT2D eigenvalue weighted by molar-refractivity contribution is 7.88. The third kappa shape index (κ3) is 6.48. The van der Waals surface area contributed by atoms with Gasteiger partial charge in [-0.25, -0.2) is 22.7 Å². The number of sulfonamides is 1. The Hall–Kier alpha value is -2.55. The summed E-state index contributed by atoms with van der Waals surface area (Å²) in [5, 5.41) is 14.5. The number of halogens is 3. The summed E-state index contributed by atoms with van der Waals surface area (Å²) < 4.78 is 65.0. The van der Waals surface area contributed by atoms with Gasteiger partial charge in [-0.05, 0) is 31.9 Å². The summed E-state index contributed by atoms with van der Waals surface area (Å²) in [4.78, 5) is 14.4. The van der Waals surface area contributed by atoms with Crippen LogP contribution in [0.4, 0.5) is 24.9 Å². The number of benzene rings is 1. The Balaban J connectivity index is 1.68. The van der Waals surface area contributed by atoms with E-state index in [0.717, 1.165) is 21.4 Å². The van der Waals surface area contributed by atoms with Gasteiger partial charge in [0.15, 0.2) is 0 Å². The first-order valence-electron chi connectivity index (χ1n) is 11.6. The molecule has 0 bridgehead atoms. The van der Waals surface area contributed by atoms with Gasteiger partial charge >= 0.3 is 6.18 Å². The predicted octanol–water partition coefficient (Wildman–Crippen LogP) is 3.50. The zero-order valence-electron chi connectivity index (χ0n) is 20.8. The molecule has 37 heavy (non-hydrogen) atoms. The first kappa shape index (κ1) is 27.5. The van der Waals surface area contributed by atoms with E-state index in [4.69, 9.17) is 4.98 Å². The molecular formula is C23H29F3N6O3S2. The number of aromatic nitrogens is 3. The quantitative estimate of drug-likeness (QED) is 0.432. The fraction of sp³-hybridized carbons (Fsp3) is 0.522. The fourth-order valence-electron chi connectivity index (χ4n) is 4.48. The van der Waals surface area contributed by atoms with Gasteiger partial charge in [0.25, 0.3) is 0 Å². The van der Waals surface area contributed by atoms with E-state index in [9.17, 15) is 26.7 Å². The maximum Gasteiger partial charge on any atom is 0.406 e. The van der Waals surface area contributed by atoms with Crippen LogP contribution in [0.1, 0.15) is 18.5 Å². The molecule has 14 heteroatoms. The second-order valence-corrected chi connectivity index (χ2v) is 12.6. The van der Waals surface area contributed by atoms with Gasteiger partial charge in [-0.3, -0.25) is 0 Å². The Morgan fingerprint density at radius 1 is 1.16 bits per heavy atom. The first-order chi connectivity index (χ1) is 17.2. The molecule has 2 heterocycles. The van der Waals surface area contributed by atoms with Crippen LogP contribution in [0.25, 0.3) is 20.8 Å². The Labute approximate surface area is 217 Å². The predicted molar refractivity (Wildman–Crippen MR) is 138 cm³/mol. The number of nitrogens with zero attached hydrogens (tertiary/aromatic N) is 5. The summed E-state index contributed by atoms with van der Waals surface area (Å²) in [6.07, 6.45) is -3.28. The van der Waals surface area contributed by atoms with E-state index >= 15 is 0 Å². The summed E-state index contributed by atoms with van der Waals surface area (Å²) in [7, 11) is -0.664. The molecule has 4 rings (SSSR count). The minimum absolute atomic E-state index is 0.0888. The number of fused-ring (bicyclic) bond motifs is 1. The van der Waals surface area contributed by atoms with Gasteiger partial charge in [-0.15, -0.1) is 11.3 Å². The lowest BCUT2D eigenvalue weighted by Gasteiger charge is -2.23. The molecule has 0 saturated heterocycles. The molecule has 0 spiro atoms. The number of rotatable bonds is 8. The van der Waals surface area contributed by atoms with Gasteiger partial charge in [0.05, 0.1) is 33.8 Å². The topological polar surface area (TPSA) is 112 Å². The zero-order chi connectivity index (χ0) is 27.1. The molecule has 202 valence electrons. The van der Waals surface area contributed by atoms with Crippen molar-refractivity contribution in [2.45, 2.75) is 38.1 Å². The van der Waals surface area contributed by atoms with Crippen LogP contribution < -0.4 is 10.2 Å². The molecule has 0 radical (unpaired) electrons. The maximum absolute atomic E-state index is 13.1. The van der Waals surface area contributed by atoms with Crippen molar-refractivity contribution in [2.24, 2.45) is 5.92 Å². The number of hydrogen-bond donors (Lipinski definition) is 2. The lowest BCUT2D eigenvalue weighted by Crippen LogP contribution is -2.33. The molecule has 9 nitrogen and oxygen atoms in total. The number of hydrogen-bond acceptors (Lipinski definition) is 9. The number of aliphatic hydroxyl groups is 1. The highest BCUT2D eigenvalue weighted by atomic mass is 32.2. The van der Waals surface area contributed by atoms with Gasteiger partial charge in [-0.2, -0.15) is 18.2 Å². The van der Waals surface area contributed by atoms with E-state index in [0.29, 0.717) is 34.9 Å². The number of para-hydroxylation sites is 1. The Morgan fingerprint density at radius 2 is 1.86 bits per heavy atom. The summed E-state index contributed by atoms with van der Waals surface area (Å²) in [5.41, 5.74) is 1.83. The minimum atomic E-state index is -4.43. The summed E-state index contributed by atoms with van der Waals surface area (Å²) >= 11 is 1.43. The van der Waals surface area contributed by atoms with Crippen LogP contribution in [0.2, 0.25) is 0 Å². The molecule has 1 aromatic carbocycles. The highest BCUT2D eigenvalue weighted by Crippen LogP contribution is 2.38. The number of aryl methyl sites for hydroxylation is 1. The second kappa shape index (κ2) is 10.3. The summed E-state index contributed by atoms with van der Waals surface area (Å²) in [5.74, 6) is -0.0718. The number of nitrogens with one attached hydrogen (secondary N) is 1. The van der Waals surface area contributed by atoms with Crippen molar-refractivity contribution in [3.63, 3.8) is 0 Å². The SMILES string of the molecule is Cc1nc(N(C)CC(F)(F)F)nc(NC2CC(CN(C)S(C)(=O)=O)[C@@H](O)C2)c1-c1nc2ccccc2s1. The van der Waals surface area contributed by atoms with Crippen LogP contribution in [-0.2, 0) is 10.0 Å². The number of aliphatic hydroxyl groups excluding tert-OH is 1. The smallest absolute Gasteiger partial charge is 0.393 e.